The molecule has 2 aromatic rings. The molecule has 0 spiro atoms. The zero-order valence-corrected chi connectivity index (χ0v) is 12.4. The lowest BCUT2D eigenvalue weighted by atomic mass is 10.2. The van der Waals surface area contributed by atoms with Gasteiger partial charge < -0.3 is 10.4 Å². The first kappa shape index (κ1) is 13.3. The summed E-state index contributed by atoms with van der Waals surface area (Å²) >= 11 is 10.4. The van der Waals surface area contributed by atoms with Gasteiger partial charge in [0.25, 0.3) is 0 Å². The minimum absolute atomic E-state index is 0.194. The third-order valence-electron chi connectivity index (χ3n) is 2.25. The van der Waals surface area contributed by atoms with Crippen LogP contribution in [0.2, 0.25) is 5.02 Å². The maximum absolute atomic E-state index is 11.1. The Balaban J connectivity index is 2.34. The first-order chi connectivity index (χ1) is 8.49. The standard InChI is InChI=1S/C11H8BrClN2O2S/c1-5-9(11(16)17)10(18-15-5)14-6-2-3-7(12)8(13)4-6/h2-4,14H,1H3,(H,16,17). The zero-order chi connectivity index (χ0) is 13.3. The molecular weight excluding hydrogens is 340 g/mol. The van der Waals surface area contributed by atoms with Crippen LogP contribution >= 0.6 is 39.1 Å². The van der Waals surface area contributed by atoms with Gasteiger partial charge in [0.2, 0.25) is 0 Å². The molecule has 0 amide bonds. The number of aryl methyl sites for hydroxylation is 1. The number of aromatic carboxylic acids is 1. The fraction of sp³-hybridized carbons (Fsp3) is 0.0909. The lowest BCUT2D eigenvalue weighted by molar-refractivity contribution is 0.0697. The largest absolute Gasteiger partial charge is 0.478 e. The average molecular weight is 348 g/mol. The number of hydrogen-bond donors (Lipinski definition) is 2. The van der Waals surface area contributed by atoms with Crippen LogP contribution in [0.3, 0.4) is 0 Å². The maximum atomic E-state index is 11.1. The summed E-state index contributed by atoms with van der Waals surface area (Å²) in [6, 6.07) is 5.31. The minimum atomic E-state index is -0.994. The Morgan fingerprint density at radius 2 is 2.28 bits per heavy atom. The number of aromatic nitrogens is 1. The number of halogens is 2. The van der Waals surface area contributed by atoms with Gasteiger partial charge in [0.05, 0.1) is 10.7 Å². The van der Waals surface area contributed by atoms with Gasteiger partial charge in [-0.15, -0.1) is 0 Å². The highest BCUT2D eigenvalue weighted by atomic mass is 79.9. The maximum Gasteiger partial charge on any atom is 0.340 e. The van der Waals surface area contributed by atoms with E-state index in [0.717, 1.165) is 16.0 Å². The first-order valence-corrected chi connectivity index (χ1v) is 6.85. The van der Waals surface area contributed by atoms with Gasteiger partial charge in [0, 0.05) is 10.2 Å². The van der Waals surface area contributed by atoms with Gasteiger partial charge in [-0.3, -0.25) is 0 Å². The molecule has 0 fully saturated rings. The van der Waals surface area contributed by atoms with Crippen molar-refractivity contribution in [3.63, 3.8) is 0 Å². The SMILES string of the molecule is Cc1nsc(Nc2ccc(Br)c(Cl)c2)c1C(=O)O. The van der Waals surface area contributed by atoms with Crippen molar-refractivity contribution in [2.75, 3.05) is 5.32 Å². The van der Waals surface area contributed by atoms with Gasteiger partial charge in [-0.05, 0) is 52.6 Å². The number of carboxylic acid groups (broad SMARTS) is 1. The van der Waals surface area contributed by atoms with Crippen LogP contribution in [0.1, 0.15) is 16.1 Å². The van der Waals surface area contributed by atoms with Crippen LogP contribution in [0.25, 0.3) is 0 Å². The molecule has 0 saturated heterocycles. The molecule has 4 nitrogen and oxygen atoms in total. The molecule has 18 heavy (non-hydrogen) atoms. The molecule has 0 saturated carbocycles. The molecule has 0 aliphatic carbocycles. The summed E-state index contributed by atoms with van der Waals surface area (Å²) in [4.78, 5) is 11.1. The van der Waals surface area contributed by atoms with E-state index in [1.54, 1.807) is 25.1 Å². The highest BCUT2D eigenvalue weighted by Gasteiger charge is 2.17. The summed E-state index contributed by atoms with van der Waals surface area (Å²) in [6.07, 6.45) is 0. The lowest BCUT2D eigenvalue weighted by Gasteiger charge is -2.06. The van der Waals surface area contributed by atoms with Gasteiger partial charge in [-0.1, -0.05) is 11.6 Å². The normalized spacial score (nSPS) is 10.4. The molecule has 2 N–H and O–H groups in total. The van der Waals surface area contributed by atoms with Crippen molar-refractivity contribution in [3.05, 3.63) is 39.0 Å². The van der Waals surface area contributed by atoms with Crippen molar-refractivity contribution in [2.24, 2.45) is 0 Å². The predicted molar refractivity (Wildman–Crippen MR) is 76.2 cm³/mol. The molecule has 0 bridgehead atoms. The van der Waals surface area contributed by atoms with Crippen molar-refractivity contribution in [3.8, 4) is 0 Å². The molecule has 1 aromatic heterocycles. The van der Waals surface area contributed by atoms with Crippen molar-refractivity contribution in [2.45, 2.75) is 6.92 Å². The summed E-state index contributed by atoms with van der Waals surface area (Å²) in [5.41, 5.74) is 1.41. The molecule has 2 rings (SSSR count). The highest BCUT2D eigenvalue weighted by molar-refractivity contribution is 9.10. The molecule has 7 heteroatoms. The second kappa shape index (κ2) is 5.26. The molecule has 0 atom stereocenters. The Bertz CT molecular complexity index is 615. The minimum Gasteiger partial charge on any atom is -0.478 e. The highest BCUT2D eigenvalue weighted by Crippen LogP contribution is 2.31. The van der Waals surface area contributed by atoms with E-state index in [1.165, 1.54) is 0 Å². The topological polar surface area (TPSA) is 62.2 Å². The second-order valence-corrected chi connectivity index (χ2v) is 5.57. The van der Waals surface area contributed by atoms with Crippen LogP contribution in [-0.2, 0) is 0 Å². The van der Waals surface area contributed by atoms with Crippen LogP contribution in [0.5, 0.6) is 0 Å². The molecule has 0 radical (unpaired) electrons. The molecule has 0 aliphatic rings. The number of carboxylic acids is 1. The van der Waals surface area contributed by atoms with Crippen LogP contribution in [-0.4, -0.2) is 15.4 Å². The van der Waals surface area contributed by atoms with Gasteiger partial charge in [-0.25, -0.2) is 4.79 Å². The third-order valence-corrected chi connectivity index (χ3v) is 4.34. The quantitative estimate of drug-likeness (QED) is 0.868. The van der Waals surface area contributed by atoms with Crippen molar-refractivity contribution >= 4 is 55.7 Å². The predicted octanol–water partition coefficient (Wildman–Crippen LogP) is 4.31. The fourth-order valence-electron chi connectivity index (χ4n) is 1.41. The summed E-state index contributed by atoms with van der Waals surface area (Å²) in [5.74, 6) is -0.994. The Labute approximate surface area is 121 Å². The Morgan fingerprint density at radius 3 is 2.89 bits per heavy atom. The molecule has 0 unspecified atom stereocenters. The number of hydrogen-bond acceptors (Lipinski definition) is 4. The Kier molecular flexibility index (Phi) is 3.89. The zero-order valence-electron chi connectivity index (χ0n) is 9.20. The average Bonchev–Trinajstić information content (AvgIpc) is 2.65. The summed E-state index contributed by atoms with van der Waals surface area (Å²) < 4.78 is 4.82. The summed E-state index contributed by atoms with van der Waals surface area (Å²) in [7, 11) is 0. The smallest absolute Gasteiger partial charge is 0.340 e. The Morgan fingerprint density at radius 1 is 1.56 bits per heavy atom. The van der Waals surface area contributed by atoms with Gasteiger partial charge >= 0.3 is 5.97 Å². The van der Waals surface area contributed by atoms with Gasteiger partial charge in [0.1, 0.15) is 10.6 Å². The molecule has 0 aliphatic heterocycles. The van der Waals surface area contributed by atoms with Gasteiger partial charge in [-0.2, -0.15) is 4.37 Å². The molecule has 1 aromatic carbocycles. The Hall–Kier alpha value is -1.11. The van der Waals surface area contributed by atoms with Crippen molar-refractivity contribution in [1.29, 1.82) is 0 Å². The number of nitrogens with zero attached hydrogens (tertiary/aromatic N) is 1. The molecular formula is C11H8BrClN2O2S. The van der Waals surface area contributed by atoms with Crippen LogP contribution < -0.4 is 5.32 Å². The lowest BCUT2D eigenvalue weighted by Crippen LogP contribution is -2.01. The summed E-state index contributed by atoms with van der Waals surface area (Å²) in [6.45, 7) is 1.67. The first-order valence-electron chi connectivity index (χ1n) is 4.90. The monoisotopic (exact) mass is 346 g/mol. The number of benzene rings is 1. The molecule has 1 heterocycles. The van der Waals surface area contributed by atoms with Crippen LogP contribution in [0.4, 0.5) is 10.7 Å². The van der Waals surface area contributed by atoms with E-state index in [9.17, 15) is 4.79 Å². The van der Waals surface area contributed by atoms with E-state index in [0.29, 0.717) is 21.4 Å². The van der Waals surface area contributed by atoms with E-state index in [4.69, 9.17) is 16.7 Å². The number of rotatable bonds is 3. The van der Waals surface area contributed by atoms with E-state index >= 15 is 0 Å². The fourth-order valence-corrected chi connectivity index (χ4v) is 2.65. The number of anilines is 2. The van der Waals surface area contributed by atoms with E-state index in [2.05, 4.69) is 25.6 Å². The van der Waals surface area contributed by atoms with E-state index in [-0.39, 0.29) is 5.56 Å². The van der Waals surface area contributed by atoms with Crippen molar-refractivity contribution in [1.82, 2.24) is 4.37 Å². The van der Waals surface area contributed by atoms with Gasteiger partial charge in [0.15, 0.2) is 0 Å². The molecule has 94 valence electrons. The van der Waals surface area contributed by atoms with Crippen LogP contribution in [0.15, 0.2) is 22.7 Å². The van der Waals surface area contributed by atoms with E-state index < -0.39 is 5.97 Å². The van der Waals surface area contributed by atoms with Crippen molar-refractivity contribution < 1.29 is 9.90 Å². The van der Waals surface area contributed by atoms with E-state index in [1.807, 2.05) is 0 Å². The second-order valence-electron chi connectivity index (χ2n) is 3.53. The van der Waals surface area contributed by atoms with Crippen LogP contribution in [0, 0.1) is 6.92 Å². The summed E-state index contributed by atoms with van der Waals surface area (Å²) in [5, 5.41) is 13.2. The third kappa shape index (κ3) is 2.66. The number of nitrogens with one attached hydrogen (secondary N) is 1. The number of carbonyl (C=O) groups is 1.